The second kappa shape index (κ2) is 14.9. The first kappa shape index (κ1) is 31.3. The van der Waals surface area contributed by atoms with Gasteiger partial charge in [-0.2, -0.15) is 0 Å². The number of phosphoric acid groups is 1. The van der Waals surface area contributed by atoms with Gasteiger partial charge >= 0.3 is 13.8 Å². The zero-order chi connectivity index (χ0) is 28.3. The van der Waals surface area contributed by atoms with E-state index in [0.717, 1.165) is 30.6 Å². The smallest absolute Gasteiger partial charge is 0.466 e. The summed E-state index contributed by atoms with van der Waals surface area (Å²) in [6.07, 6.45) is 4.68. The van der Waals surface area contributed by atoms with E-state index >= 15 is 0 Å². The number of nitrogens with zero attached hydrogens (tertiary/aromatic N) is 1. The molecule has 0 saturated carbocycles. The van der Waals surface area contributed by atoms with Crippen molar-refractivity contribution in [3.63, 3.8) is 0 Å². The Bertz CT molecular complexity index is 1100. The number of nitrogens with one attached hydrogen (secondary N) is 1. The summed E-state index contributed by atoms with van der Waals surface area (Å²) in [7, 11) is -4.64. The van der Waals surface area contributed by atoms with Crippen molar-refractivity contribution in [2.45, 2.75) is 58.9 Å². The van der Waals surface area contributed by atoms with Gasteiger partial charge in [0.05, 0.1) is 19.1 Å². The zero-order valence-electron chi connectivity index (χ0n) is 22.2. The van der Waals surface area contributed by atoms with Crippen LogP contribution < -0.4 is 15.0 Å². The average molecular weight is 551 g/mol. The fraction of sp³-hybridized carbons (Fsp3) is 0.481. The van der Waals surface area contributed by atoms with Gasteiger partial charge in [0.15, 0.2) is 0 Å². The average Bonchev–Trinajstić information content (AvgIpc) is 2.83. The fourth-order valence-electron chi connectivity index (χ4n) is 4.50. The number of benzene rings is 2. The van der Waals surface area contributed by atoms with Crippen molar-refractivity contribution < 1.29 is 38.7 Å². The van der Waals surface area contributed by atoms with Crippen LogP contribution in [0.5, 0.6) is 5.75 Å². The number of hydrogen-bond acceptors (Lipinski definition) is 5. The van der Waals surface area contributed by atoms with Gasteiger partial charge < -0.3 is 34.7 Å². The van der Waals surface area contributed by atoms with Crippen LogP contribution >= 0.6 is 7.82 Å². The third kappa shape index (κ3) is 10.8. The van der Waals surface area contributed by atoms with Crippen LogP contribution in [-0.4, -0.2) is 51.4 Å². The normalized spacial score (nSPS) is 14.3. The summed E-state index contributed by atoms with van der Waals surface area (Å²) < 4.78 is 14.4. The third-order valence-corrected chi connectivity index (χ3v) is 5.99. The van der Waals surface area contributed by atoms with Gasteiger partial charge in [-0.3, -0.25) is 4.79 Å². The van der Waals surface area contributed by atoms with Crippen LogP contribution in [0.3, 0.4) is 0 Å². The molecule has 38 heavy (non-hydrogen) atoms. The molecule has 1 aliphatic rings. The molecule has 2 aromatic rings. The SMILES string of the molecule is CCOc1cc(CC(=O)N[C@@H](CC(C)C)c2ccccc2N2CCCCC2)ccc1C(=O)O.O=P(O)(O)O. The van der Waals surface area contributed by atoms with Crippen molar-refractivity contribution in [1.82, 2.24) is 5.32 Å². The van der Waals surface area contributed by atoms with Crippen LogP contribution in [0.1, 0.15) is 74.0 Å². The molecule has 10 nitrogen and oxygen atoms in total. The molecule has 0 spiro atoms. The predicted molar refractivity (Wildman–Crippen MR) is 145 cm³/mol. The standard InChI is InChI=1S/C27H36N2O4.H3O4P/c1-4-33-25-17-20(12-13-22(25)27(31)32)18-26(30)28-23(16-19(2)3)21-10-6-7-11-24(21)29-14-8-5-9-15-29;1-5(2,3)4/h6-7,10-13,17,19,23H,4-5,8-9,14-16,18H2,1-3H3,(H,28,30)(H,31,32);(H3,1,2,3,4)/t23-;/m0./s1. The Morgan fingerprint density at radius 1 is 1.05 bits per heavy atom. The molecule has 1 heterocycles. The van der Waals surface area contributed by atoms with E-state index in [1.807, 2.05) is 6.07 Å². The molecule has 0 radical (unpaired) electrons. The maximum Gasteiger partial charge on any atom is 0.466 e. The molecule has 1 saturated heterocycles. The van der Waals surface area contributed by atoms with E-state index in [2.05, 4.69) is 42.3 Å². The summed E-state index contributed by atoms with van der Waals surface area (Å²) in [6, 6.07) is 13.2. The van der Waals surface area contributed by atoms with Crippen molar-refractivity contribution in [2.24, 2.45) is 5.92 Å². The van der Waals surface area contributed by atoms with Crippen molar-refractivity contribution in [3.05, 3.63) is 59.2 Å². The Labute approximate surface area is 223 Å². The highest BCUT2D eigenvalue weighted by molar-refractivity contribution is 7.45. The fourth-order valence-corrected chi connectivity index (χ4v) is 4.50. The Morgan fingerprint density at radius 3 is 2.26 bits per heavy atom. The molecule has 0 unspecified atom stereocenters. The van der Waals surface area contributed by atoms with Gasteiger partial charge in [-0.05, 0) is 67.9 Å². The lowest BCUT2D eigenvalue weighted by molar-refractivity contribution is -0.121. The number of anilines is 1. The molecule has 0 bridgehead atoms. The van der Waals surface area contributed by atoms with E-state index in [4.69, 9.17) is 24.0 Å². The minimum absolute atomic E-state index is 0.0831. The highest BCUT2D eigenvalue weighted by atomic mass is 31.2. The van der Waals surface area contributed by atoms with Crippen LogP contribution in [-0.2, 0) is 15.8 Å². The van der Waals surface area contributed by atoms with Crippen LogP contribution in [0.2, 0.25) is 0 Å². The molecule has 5 N–H and O–H groups in total. The number of piperidine rings is 1. The van der Waals surface area contributed by atoms with Crippen LogP contribution in [0.4, 0.5) is 5.69 Å². The number of hydrogen-bond donors (Lipinski definition) is 5. The highest BCUT2D eigenvalue weighted by Gasteiger charge is 2.23. The number of aromatic carboxylic acids is 1. The van der Waals surface area contributed by atoms with Crippen molar-refractivity contribution >= 4 is 25.4 Å². The molecule has 2 aromatic carbocycles. The van der Waals surface area contributed by atoms with Crippen molar-refractivity contribution in [3.8, 4) is 5.75 Å². The number of para-hydroxylation sites is 1. The van der Waals surface area contributed by atoms with Gasteiger partial charge in [0.1, 0.15) is 11.3 Å². The number of ether oxygens (including phenoxy) is 1. The molecule has 0 aromatic heterocycles. The summed E-state index contributed by atoms with van der Waals surface area (Å²) in [5.74, 6) is -0.408. The Balaban J connectivity index is 0.000000926. The molecule has 1 amide bonds. The van der Waals surface area contributed by atoms with Crippen LogP contribution in [0, 0.1) is 5.92 Å². The van der Waals surface area contributed by atoms with E-state index in [-0.39, 0.29) is 23.9 Å². The van der Waals surface area contributed by atoms with Gasteiger partial charge in [-0.1, -0.05) is 38.1 Å². The Hall–Kier alpha value is -2.91. The summed E-state index contributed by atoms with van der Waals surface area (Å²) in [5.41, 5.74) is 3.22. The van der Waals surface area contributed by atoms with Crippen LogP contribution in [0.15, 0.2) is 42.5 Å². The van der Waals surface area contributed by atoms with E-state index < -0.39 is 13.8 Å². The monoisotopic (exact) mass is 550 g/mol. The second-order valence-corrected chi connectivity index (χ2v) is 10.6. The van der Waals surface area contributed by atoms with Crippen molar-refractivity contribution in [1.29, 1.82) is 0 Å². The Morgan fingerprint density at radius 2 is 1.68 bits per heavy atom. The Kier molecular flexibility index (Phi) is 12.3. The van der Waals surface area contributed by atoms with Gasteiger partial charge in [0.25, 0.3) is 0 Å². The molecule has 3 rings (SSSR count). The quantitative estimate of drug-likeness (QED) is 0.272. The topological polar surface area (TPSA) is 157 Å². The molecule has 11 heteroatoms. The number of amides is 1. The summed E-state index contributed by atoms with van der Waals surface area (Å²) >= 11 is 0. The lowest BCUT2D eigenvalue weighted by atomic mass is 9.94. The minimum atomic E-state index is -4.64. The summed E-state index contributed by atoms with van der Waals surface area (Å²) in [6.45, 7) is 8.61. The number of carboxylic acid groups (broad SMARTS) is 1. The predicted octanol–water partition coefficient (Wildman–Crippen LogP) is 4.29. The maximum absolute atomic E-state index is 13.1. The third-order valence-electron chi connectivity index (χ3n) is 5.99. The zero-order valence-corrected chi connectivity index (χ0v) is 23.1. The van der Waals surface area contributed by atoms with Gasteiger partial charge in [0.2, 0.25) is 5.91 Å². The van der Waals surface area contributed by atoms with Crippen molar-refractivity contribution in [2.75, 3.05) is 24.6 Å². The lowest BCUT2D eigenvalue weighted by Gasteiger charge is -2.33. The first-order valence-corrected chi connectivity index (χ1v) is 14.4. The molecule has 1 fully saturated rings. The summed E-state index contributed by atoms with van der Waals surface area (Å²) in [5, 5.41) is 12.6. The number of carbonyl (C=O) groups excluding carboxylic acids is 1. The van der Waals surface area contributed by atoms with Gasteiger partial charge in [-0.15, -0.1) is 0 Å². The minimum Gasteiger partial charge on any atom is -0.493 e. The van der Waals surface area contributed by atoms with E-state index in [0.29, 0.717) is 18.3 Å². The molecule has 1 aliphatic heterocycles. The highest BCUT2D eigenvalue weighted by Crippen LogP contribution is 2.32. The largest absolute Gasteiger partial charge is 0.493 e. The van der Waals surface area contributed by atoms with E-state index in [1.165, 1.54) is 31.0 Å². The first-order valence-electron chi connectivity index (χ1n) is 12.8. The second-order valence-electron chi connectivity index (χ2n) is 9.61. The van der Waals surface area contributed by atoms with Gasteiger partial charge in [-0.25, -0.2) is 9.36 Å². The lowest BCUT2D eigenvalue weighted by Crippen LogP contribution is -2.34. The van der Waals surface area contributed by atoms with E-state index in [9.17, 15) is 14.7 Å². The molecule has 0 aliphatic carbocycles. The van der Waals surface area contributed by atoms with Gasteiger partial charge in [0, 0.05) is 18.8 Å². The molecule has 1 atom stereocenters. The maximum atomic E-state index is 13.1. The molecule has 210 valence electrons. The number of rotatable bonds is 10. The number of carbonyl (C=O) groups is 2. The molecular weight excluding hydrogens is 511 g/mol. The molecular formula is C27H39N2O8P. The first-order chi connectivity index (χ1) is 17.9. The summed E-state index contributed by atoms with van der Waals surface area (Å²) in [4.78, 5) is 48.5. The number of carboxylic acids is 1. The van der Waals surface area contributed by atoms with Crippen LogP contribution in [0.25, 0.3) is 0 Å². The van der Waals surface area contributed by atoms with E-state index in [1.54, 1.807) is 19.1 Å².